The Morgan fingerprint density at radius 2 is 2.07 bits per heavy atom. The van der Waals surface area contributed by atoms with E-state index in [0.717, 1.165) is 30.2 Å². The van der Waals surface area contributed by atoms with Crippen molar-refractivity contribution in [1.82, 2.24) is 0 Å². The Labute approximate surface area is 98.4 Å². The van der Waals surface area contributed by atoms with Gasteiger partial charge < -0.3 is 5.11 Å². The van der Waals surface area contributed by atoms with Crippen LogP contribution < -0.4 is 0 Å². The number of rotatable bonds is 6. The fraction of sp³-hybridized carbons (Fsp3) is 0.417. The van der Waals surface area contributed by atoms with Gasteiger partial charge in [-0.05, 0) is 37.0 Å². The zero-order valence-electron chi connectivity index (χ0n) is 8.58. The molecule has 0 atom stereocenters. The number of hydrogen-bond acceptors (Lipinski definition) is 1. The number of aryl methyl sites for hydroxylation is 1. The highest BCUT2D eigenvalue weighted by Gasteiger charge is 1.97. The van der Waals surface area contributed by atoms with E-state index in [1.165, 1.54) is 5.56 Å². The Balaban J connectivity index is 2.17. The molecule has 0 unspecified atom stereocenters. The first-order valence-electron chi connectivity index (χ1n) is 5.15. The summed E-state index contributed by atoms with van der Waals surface area (Å²) >= 11 is 3.43. The summed E-state index contributed by atoms with van der Waals surface area (Å²) in [7, 11) is 0. The quantitative estimate of drug-likeness (QED) is 0.802. The lowest BCUT2D eigenvalue weighted by Crippen LogP contribution is -1.94. The molecular weight excluding hydrogens is 256 g/mol. The van der Waals surface area contributed by atoms with E-state index in [1.54, 1.807) is 0 Å². The van der Waals surface area contributed by atoms with Gasteiger partial charge in [-0.1, -0.05) is 34.5 Å². The molecule has 1 rings (SSSR count). The van der Waals surface area contributed by atoms with Crippen LogP contribution in [0.2, 0.25) is 0 Å². The third-order valence-electron chi connectivity index (χ3n) is 2.25. The number of benzene rings is 1. The lowest BCUT2D eigenvalue weighted by molar-refractivity contribution is -0.137. The van der Waals surface area contributed by atoms with Crippen molar-refractivity contribution < 1.29 is 9.90 Å². The van der Waals surface area contributed by atoms with Crippen molar-refractivity contribution >= 4 is 21.9 Å². The zero-order valence-corrected chi connectivity index (χ0v) is 10.2. The smallest absolute Gasteiger partial charge is 0.303 e. The highest BCUT2D eigenvalue weighted by Crippen LogP contribution is 2.14. The van der Waals surface area contributed by atoms with Crippen LogP contribution in [-0.2, 0) is 11.2 Å². The number of hydrogen-bond donors (Lipinski definition) is 1. The lowest BCUT2D eigenvalue weighted by atomic mass is 10.1. The molecule has 0 aliphatic rings. The van der Waals surface area contributed by atoms with Gasteiger partial charge in [-0.25, -0.2) is 0 Å². The van der Waals surface area contributed by atoms with Gasteiger partial charge in [0.05, 0.1) is 0 Å². The molecule has 0 fully saturated rings. The molecule has 0 radical (unpaired) electrons. The molecule has 2 nitrogen and oxygen atoms in total. The van der Waals surface area contributed by atoms with Crippen molar-refractivity contribution in [3.8, 4) is 0 Å². The average Bonchev–Trinajstić information content (AvgIpc) is 2.17. The van der Waals surface area contributed by atoms with Crippen molar-refractivity contribution in [2.45, 2.75) is 32.1 Å². The third kappa shape index (κ3) is 5.57. The first-order chi connectivity index (χ1) is 7.18. The molecule has 3 heteroatoms. The van der Waals surface area contributed by atoms with Gasteiger partial charge in [0.2, 0.25) is 0 Å². The summed E-state index contributed by atoms with van der Waals surface area (Å²) in [5.41, 5.74) is 1.31. The van der Waals surface area contributed by atoms with Gasteiger partial charge in [0.15, 0.2) is 0 Å². The second-order valence-corrected chi connectivity index (χ2v) is 4.50. The van der Waals surface area contributed by atoms with E-state index in [9.17, 15) is 4.79 Å². The molecular formula is C12H15BrO2. The normalized spacial score (nSPS) is 10.2. The summed E-state index contributed by atoms with van der Waals surface area (Å²) in [6.45, 7) is 0. The van der Waals surface area contributed by atoms with E-state index >= 15 is 0 Å². The van der Waals surface area contributed by atoms with Gasteiger partial charge in [-0.3, -0.25) is 4.79 Å². The largest absolute Gasteiger partial charge is 0.481 e. The maximum Gasteiger partial charge on any atom is 0.303 e. The Morgan fingerprint density at radius 3 is 2.73 bits per heavy atom. The van der Waals surface area contributed by atoms with Crippen LogP contribution in [0.5, 0.6) is 0 Å². The minimum absolute atomic E-state index is 0.290. The van der Waals surface area contributed by atoms with E-state index in [2.05, 4.69) is 28.1 Å². The third-order valence-corrected chi connectivity index (χ3v) is 2.74. The number of halogens is 1. The zero-order chi connectivity index (χ0) is 11.1. The van der Waals surface area contributed by atoms with Crippen LogP contribution in [0.15, 0.2) is 28.7 Å². The number of aliphatic carboxylic acids is 1. The SMILES string of the molecule is O=C(O)CCCCCc1cccc(Br)c1. The molecule has 0 amide bonds. The van der Waals surface area contributed by atoms with Gasteiger partial charge in [-0.2, -0.15) is 0 Å². The van der Waals surface area contributed by atoms with Gasteiger partial charge >= 0.3 is 5.97 Å². The topological polar surface area (TPSA) is 37.3 Å². The van der Waals surface area contributed by atoms with Crippen LogP contribution >= 0.6 is 15.9 Å². The predicted octanol–water partition coefficient (Wildman–Crippen LogP) is 3.64. The number of carboxylic acids is 1. The molecule has 82 valence electrons. The fourth-order valence-corrected chi connectivity index (χ4v) is 1.92. The maximum atomic E-state index is 10.3. The summed E-state index contributed by atoms with van der Waals surface area (Å²) in [6.07, 6.45) is 4.14. The molecule has 0 aliphatic heterocycles. The van der Waals surface area contributed by atoms with Gasteiger partial charge in [-0.15, -0.1) is 0 Å². The number of carbonyl (C=O) groups is 1. The van der Waals surface area contributed by atoms with E-state index in [0.29, 0.717) is 6.42 Å². The van der Waals surface area contributed by atoms with E-state index in [4.69, 9.17) is 5.11 Å². The lowest BCUT2D eigenvalue weighted by Gasteiger charge is -2.01. The molecule has 0 aromatic heterocycles. The van der Waals surface area contributed by atoms with Crippen molar-refractivity contribution in [1.29, 1.82) is 0 Å². The molecule has 0 saturated heterocycles. The molecule has 15 heavy (non-hydrogen) atoms. The Kier molecular flexibility index (Phi) is 5.40. The maximum absolute atomic E-state index is 10.3. The monoisotopic (exact) mass is 270 g/mol. The minimum atomic E-state index is -0.697. The highest BCUT2D eigenvalue weighted by molar-refractivity contribution is 9.10. The summed E-state index contributed by atoms with van der Waals surface area (Å²) in [5.74, 6) is -0.697. The first-order valence-corrected chi connectivity index (χ1v) is 5.94. The Morgan fingerprint density at radius 1 is 1.27 bits per heavy atom. The number of carboxylic acid groups (broad SMARTS) is 1. The minimum Gasteiger partial charge on any atom is -0.481 e. The second-order valence-electron chi connectivity index (χ2n) is 3.58. The van der Waals surface area contributed by atoms with Crippen molar-refractivity contribution in [2.24, 2.45) is 0 Å². The van der Waals surface area contributed by atoms with E-state index < -0.39 is 5.97 Å². The molecule has 1 N–H and O–H groups in total. The van der Waals surface area contributed by atoms with Crippen molar-refractivity contribution in [3.05, 3.63) is 34.3 Å². The van der Waals surface area contributed by atoms with Crippen molar-refractivity contribution in [2.75, 3.05) is 0 Å². The van der Waals surface area contributed by atoms with E-state index in [-0.39, 0.29) is 0 Å². The molecule has 0 saturated carbocycles. The van der Waals surface area contributed by atoms with Crippen LogP contribution in [0, 0.1) is 0 Å². The summed E-state index contributed by atoms with van der Waals surface area (Å²) in [6, 6.07) is 8.24. The van der Waals surface area contributed by atoms with Gasteiger partial charge in [0, 0.05) is 10.9 Å². The molecule has 0 heterocycles. The van der Waals surface area contributed by atoms with Crippen LogP contribution in [-0.4, -0.2) is 11.1 Å². The molecule has 0 aliphatic carbocycles. The predicted molar refractivity (Wildman–Crippen MR) is 63.9 cm³/mol. The van der Waals surface area contributed by atoms with Crippen LogP contribution in [0.25, 0.3) is 0 Å². The fourth-order valence-electron chi connectivity index (χ4n) is 1.47. The molecule has 0 spiro atoms. The molecule has 1 aromatic carbocycles. The van der Waals surface area contributed by atoms with Crippen LogP contribution in [0.3, 0.4) is 0 Å². The van der Waals surface area contributed by atoms with Gasteiger partial charge in [0.1, 0.15) is 0 Å². The summed E-state index contributed by atoms with van der Waals surface area (Å²) in [5, 5.41) is 8.46. The van der Waals surface area contributed by atoms with Crippen molar-refractivity contribution in [3.63, 3.8) is 0 Å². The number of unbranched alkanes of at least 4 members (excludes halogenated alkanes) is 2. The van der Waals surface area contributed by atoms with Crippen LogP contribution in [0.4, 0.5) is 0 Å². The first kappa shape index (κ1) is 12.2. The van der Waals surface area contributed by atoms with Gasteiger partial charge in [0.25, 0.3) is 0 Å². The second kappa shape index (κ2) is 6.62. The Hall–Kier alpha value is -0.830. The highest BCUT2D eigenvalue weighted by atomic mass is 79.9. The van der Waals surface area contributed by atoms with Crippen LogP contribution in [0.1, 0.15) is 31.2 Å². The molecule has 0 bridgehead atoms. The summed E-state index contributed by atoms with van der Waals surface area (Å²) in [4.78, 5) is 10.3. The van der Waals surface area contributed by atoms with E-state index in [1.807, 2.05) is 12.1 Å². The molecule has 1 aromatic rings. The Bertz CT molecular complexity index is 323. The average molecular weight is 271 g/mol. The summed E-state index contributed by atoms with van der Waals surface area (Å²) < 4.78 is 1.10. The standard InChI is InChI=1S/C12H15BrO2/c13-11-7-4-6-10(9-11)5-2-1-3-8-12(14)15/h4,6-7,9H,1-3,5,8H2,(H,14,15).